The van der Waals surface area contributed by atoms with E-state index in [1.54, 1.807) is 29.9 Å². The summed E-state index contributed by atoms with van der Waals surface area (Å²) >= 11 is 1.23. The van der Waals surface area contributed by atoms with Crippen LogP contribution in [-0.2, 0) is 16.0 Å². The average Bonchev–Trinajstić information content (AvgIpc) is 3.07. The van der Waals surface area contributed by atoms with Crippen LogP contribution in [-0.4, -0.2) is 42.2 Å². The van der Waals surface area contributed by atoms with Gasteiger partial charge < -0.3 is 14.0 Å². The molecule has 29 heavy (non-hydrogen) atoms. The molecule has 2 aromatic carbocycles. The maximum absolute atomic E-state index is 12.6. The zero-order chi connectivity index (χ0) is 21.0. The lowest BCUT2D eigenvalue weighted by atomic mass is 10.2. The van der Waals surface area contributed by atoms with Gasteiger partial charge in [-0.2, -0.15) is 4.99 Å². The van der Waals surface area contributed by atoms with Crippen molar-refractivity contribution in [3.05, 3.63) is 68.5 Å². The van der Waals surface area contributed by atoms with Gasteiger partial charge in [-0.3, -0.25) is 14.9 Å². The van der Waals surface area contributed by atoms with Crippen LogP contribution < -0.4 is 4.80 Å². The molecule has 0 saturated heterocycles. The minimum atomic E-state index is -0.598. The van der Waals surface area contributed by atoms with Gasteiger partial charge in [-0.25, -0.2) is 4.79 Å². The third-order valence-electron chi connectivity index (χ3n) is 4.12. The Bertz CT molecular complexity index is 1160. The molecule has 3 rings (SSSR count). The molecule has 0 radical (unpaired) electrons. The lowest BCUT2D eigenvalue weighted by Crippen LogP contribution is -2.19. The van der Waals surface area contributed by atoms with Crippen LogP contribution in [0.15, 0.2) is 47.5 Å². The molecule has 0 spiro atoms. The number of rotatable bonds is 6. The van der Waals surface area contributed by atoms with E-state index in [-0.39, 0.29) is 11.3 Å². The summed E-state index contributed by atoms with van der Waals surface area (Å²) in [6.07, 6.45) is 0. The summed E-state index contributed by atoms with van der Waals surface area (Å²) in [6, 6.07) is 10.5. The molecule has 0 unspecified atom stereocenters. The monoisotopic (exact) mass is 415 g/mol. The Morgan fingerprint density at radius 1 is 1.17 bits per heavy atom. The minimum Gasteiger partial charge on any atom is -0.465 e. The molecule has 0 saturated carbocycles. The van der Waals surface area contributed by atoms with Gasteiger partial charge in [0.25, 0.3) is 11.6 Å². The Morgan fingerprint density at radius 2 is 1.97 bits per heavy atom. The van der Waals surface area contributed by atoms with Crippen molar-refractivity contribution in [2.45, 2.75) is 6.54 Å². The first-order chi connectivity index (χ1) is 13.9. The number of nitro benzene ring substituents is 1. The SMILES string of the molecule is COCCn1c(=NC(=O)c2cccc([N+](=O)[O-])c2)sc2cc(C(=O)OC)ccc21. The second-order valence-electron chi connectivity index (χ2n) is 5.93. The lowest BCUT2D eigenvalue weighted by molar-refractivity contribution is -0.384. The standard InChI is InChI=1S/C19H17N3O6S/c1-27-9-8-21-15-7-6-13(18(24)28-2)11-16(15)29-19(21)20-17(23)12-4-3-5-14(10-12)22(25)26/h3-7,10-11H,8-9H2,1-2H3. The smallest absolute Gasteiger partial charge is 0.337 e. The van der Waals surface area contributed by atoms with Crippen molar-refractivity contribution in [2.24, 2.45) is 4.99 Å². The van der Waals surface area contributed by atoms with Gasteiger partial charge in [0.05, 0.1) is 34.4 Å². The van der Waals surface area contributed by atoms with Crippen LogP contribution in [0.1, 0.15) is 20.7 Å². The number of hydrogen-bond donors (Lipinski definition) is 0. The molecule has 0 N–H and O–H groups in total. The number of fused-ring (bicyclic) bond motifs is 1. The van der Waals surface area contributed by atoms with Crippen molar-refractivity contribution < 1.29 is 24.0 Å². The summed E-state index contributed by atoms with van der Waals surface area (Å²) in [4.78, 5) is 39.3. The highest BCUT2D eigenvalue weighted by atomic mass is 32.1. The molecule has 150 valence electrons. The summed E-state index contributed by atoms with van der Waals surface area (Å²) in [5.74, 6) is -1.06. The van der Waals surface area contributed by atoms with E-state index in [4.69, 9.17) is 9.47 Å². The molecule has 0 bridgehead atoms. The molecule has 9 nitrogen and oxygen atoms in total. The van der Waals surface area contributed by atoms with Crippen molar-refractivity contribution in [2.75, 3.05) is 20.8 Å². The summed E-state index contributed by atoms with van der Waals surface area (Å²) < 4.78 is 12.4. The number of ether oxygens (including phenoxy) is 2. The number of nitro groups is 1. The van der Waals surface area contributed by atoms with Crippen LogP contribution in [0.25, 0.3) is 10.2 Å². The highest BCUT2D eigenvalue weighted by Gasteiger charge is 2.14. The Balaban J connectivity index is 2.10. The Morgan fingerprint density at radius 3 is 2.66 bits per heavy atom. The Kier molecular flexibility index (Phi) is 6.15. The Hall–Kier alpha value is -3.37. The number of methoxy groups -OCH3 is 2. The molecule has 0 fully saturated rings. The van der Waals surface area contributed by atoms with Gasteiger partial charge in [0.2, 0.25) is 0 Å². The predicted molar refractivity (Wildman–Crippen MR) is 106 cm³/mol. The largest absolute Gasteiger partial charge is 0.465 e. The maximum atomic E-state index is 12.6. The fourth-order valence-corrected chi connectivity index (χ4v) is 3.80. The first-order valence-corrected chi connectivity index (χ1v) is 9.30. The third kappa shape index (κ3) is 4.39. The third-order valence-corrected chi connectivity index (χ3v) is 5.17. The topological polar surface area (TPSA) is 113 Å². The van der Waals surface area contributed by atoms with Crippen LogP contribution in [0.2, 0.25) is 0 Å². The van der Waals surface area contributed by atoms with Crippen molar-refractivity contribution in [3.8, 4) is 0 Å². The quantitative estimate of drug-likeness (QED) is 0.348. The second-order valence-corrected chi connectivity index (χ2v) is 6.94. The first-order valence-electron chi connectivity index (χ1n) is 8.48. The molecule has 0 aliphatic carbocycles. The number of nitrogens with zero attached hydrogens (tertiary/aromatic N) is 3. The molecular weight excluding hydrogens is 398 g/mol. The van der Waals surface area contributed by atoms with E-state index >= 15 is 0 Å². The van der Waals surface area contributed by atoms with E-state index in [0.717, 1.165) is 10.2 Å². The van der Waals surface area contributed by atoms with E-state index in [9.17, 15) is 19.7 Å². The molecule has 0 aliphatic heterocycles. The molecule has 3 aromatic rings. The number of carbonyl (C=O) groups is 2. The first kappa shape index (κ1) is 20.4. The summed E-state index contributed by atoms with van der Waals surface area (Å²) in [6.45, 7) is 0.831. The second kappa shape index (κ2) is 8.76. The predicted octanol–water partition coefficient (Wildman–Crippen LogP) is 2.79. The van der Waals surface area contributed by atoms with Crippen LogP contribution >= 0.6 is 11.3 Å². The molecule has 1 amide bonds. The molecular formula is C19H17N3O6S. The number of carbonyl (C=O) groups excluding carboxylic acids is 2. The average molecular weight is 415 g/mol. The van der Waals surface area contributed by atoms with Gasteiger partial charge >= 0.3 is 5.97 Å². The fourth-order valence-electron chi connectivity index (χ4n) is 2.71. The molecule has 0 atom stereocenters. The maximum Gasteiger partial charge on any atom is 0.337 e. The Labute approximate surface area is 169 Å². The zero-order valence-corrected chi connectivity index (χ0v) is 16.5. The van der Waals surface area contributed by atoms with Crippen LogP contribution in [0.5, 0.6) is 0 Å². The molecule has 1 aromatic heterocycles. The summed E-state index contributed by atoms with van der Waals surface area (Å²) in [5, 5.41) is 10.9. The van der Waals surface area contributed by atoms with Gasteiger partial charge in [0, 0.05) is 31.4 Å². The van der Waals surface area contributed by atoms with Crippen LogP contribution in [0.3, 0.4) is 0 Å². The van der Waals surface area contributed by atoms with E-state index in [1.807, 2.05) is 0 Å². The van der Waals surface area contributed by atoms with Crippen molar-refractivity contribution in [3.63, 3.8) is 0 Å². The minimum absolute atomic E-state index is 0.116. The van der Waals surface area contributed by atoms with Crippen LogP contribution in [0.4, 0.5) is 5.69 Å². The number of aromatic nitrogens is 1. The number of hydrogen-bond acceptors (Lipinski definition) is 7. The van der Waals surface area contributed by atoms with Gasteiger partial charge in [-0.05, 0) is 24.3 Å². The molecule has 0 aliphatic rings. The van der Waals surface area contributed by atoms with Gasteiger partial charge in [-0.1, -0.05) is 17.4 Å². The fraction of sp³-hybridized carbons (Fsp3) is 0.211. The van der Waals surface area contributed by atoms with Crippen LogP contribution in [0, 0.1) is 10.1 Å². The normalized spacial score (nSPS) is 11.6. The number of esters is 1. The summed E-state index contributed by atoms with van der Waals surface area (Å²) in [5.41, 5.74) is 1.10. The van der Waals surface area contributed by atoms with Gasteiger partial charge in [0.15, 0.2) is 4.80 Å². The molecule has 10 heteroatoms. The summed E-state index contributed by atoms with van der Waals surface area (Å²) in [7, 11) is 2.87. The van der Waals surface area contributed by atoms with Gasteiger partial charge in [0.1, 0.15) is 0 Å². The highest BCUT2D eigenvalue weighted by Crippen LogP contribution is 2.20. The van der Waals surface area contributed by atoms with E-state index in [0.29, 0.717) is 23.5 Å². The zero-order valence-electron chi connectivity index (χ0n) is 15.7. The van der Waals surface area contributed by atoms with Crippen molar-refractivity contribution in [1.29, 1.82) is 0 Å². The molecule has 1 heterocycles. The van der Waals surface area contributed by atoms with E-state index in [2.05, 4.69) is 4.99 Å². The van der Waals surface area contributed by atoms with Gasteiger partial charge in [-0.15, -0.1) is 0 Å². The number of benzene rings is 2. The van der Waals surface area contributed by atoms with Crippen molar-refractivity contribution >= 4 is 39.1 Å². The number of thiazole rings is 1. The van der Waals surface area contributed by atoms with E-state index < -0.39 is 16.8 Å². The van der Waals surface area contributed by atoms with E-state index in [1.165, 1.54) is 42.7 Å². The highest BCUT2D eigenvalue weighted by molar-refractivity contribution is 7.16. The van der Waals surface area contributed by atoms with Crippen molar-refractivity contribution in [1.82, 2.24) is 4.57 Å². The number of non-ortho nitro benzene ring substituents is 1. The number of amides is 1. The lowest BCUT2D eigenvalue weighted by Gasteiger charge is -2.05.